The number of piperidine rings is 1. The molecule has 0 spiro atoms. The standard InChI is InChI=1S/C20H31N5O2.HI/c1-21-20(22-14-19(26)24-11-6-3-7-12-24)23-16-10-13-25(15-16)17-8-4-5-9-18(17)27-2;/h4-5,8-9,16H,3,6-7,10-15H2,1-2H3,(H2,21,22,23);1H. The van der Waals surface area contributed by atoms with Crippen LogP contribution in [-0.4, -0.2) is 69.7 Å². The number of aliphatic imine (C=N–C) groups is 1. The Balaban J connectivity index is 0.00000280. The normalized spacial score (nSPS) is 19.8. The molecule has 0 bridgehead atoms. The van der Waals surface area contributed by atoms with Crippen LogP contribution in [0.3, 0.4) is 0 Å². The lowest BCUT2D eigenvalue weighted by Crippen LogP contribution is -2.49. The van der Waals surface area contributed by atoms with Crippen molar-refractivity contribution in [3.05, 3.63) is 24.3 Å². The number of methoxy groups -OCH3 is 1. The molecule has 2 saturated heterocycles. The number of rotatable bonds is 5. The number of ether oxygens (including phenoxy) is 1. The highest BCUT2D eigenvalue weighted by Crippen LogP contribution is 2.30. The van der Waals surface area contributed by atoms with Crippen LogP contribution in [0.1, 0.15) is 25.7 Å². The van der Waals surface area contributed by atoms with Crippen LogP contribution in [0.25, 0.3) is 0 Å². The SMILES string of the molecule is CN=C(NCC(=O)N1CCCCC1)NC1CCN(c2ccccc2OC)C1.I. The largest absolute Gasteiger partial charge is 0.495 e. The fraction of sp³-hybridized carbons (Fsp3) is 0.600. The van der Waals surface area contributed by atoms with Gasteiger partial charge in [-0.05, 0) is 37.8 Å². The van der Waals surface area contributed by atoms with Crippen LogP contribution in [0.2, 0.25) is 0 Å². The molecule has 2 fully saturated rings. The number of benzene rings is 1. The molecule has 1 aromatic rings. The third-order valence-corrected chi connectivity index (χ3v) is 5.29. The molecule has 156 valence electrons. The van der Waals surface area contributed by atoms with Crippen molar-refractivity contribution in [2.24, 2.45) is 4.99 Å². The maximum Gasteiger partial charge on any atom is 0.241 e. The fourth-order valence-corrected chi connectivity index (χ4v) is 3.79. The average molecular weight is 501 g/mol. The van der Waals surface area contributed by atoms with Crippen LogP contribution < -0.4 is 20.3 Å². The zero-order chi connectivity index (χ0) is 19.1. The summed E-state index contributed by atoms with van der Waals surface area (Å²) in [5.41, 5.74) is 1.12. The molecule has 3 rings (SSSR count). The molecule has 0 aromatic heterocycles. The lowest BCUT2D eigenvalue weighted by atomic mass is 10.1. The van der Waals surface area contributed by atoms with Crippen LogP contribution in [0.5, 0.6) is 5.75 Å². The number of anilines is 1. The Labute approximate surface area is 184 Å². The van der Waals surface area contributed by atoms with E-state index in [-0.39, 0.29) is 35.9 Å². The van der Waals surface area contributed by atoms with Crippen molar-refractivity contribution in [1.82, 2.24) is 15.5 Å². The molecule has 1 aromatic carbocycles. The third-order valence-electron chi connectivity index (χ3n) is 5.29. The van der Waals surface area contributed by atoms with Crippen molar-refractivity contribution in [3.63, 3.8) is 0 Å². The van der Waals surface area contributed by atoms with E-state index in [2.05, 4.69) is 26.6 Å². The number of amides is 1. The minimum Gasteiger partial charge on any atom is -0.495 e. The van der Waals surface area contributed by atoms with Crippen molar-refractivity contribution in [2.75, 3.05) is 51.8 Å². The number of carbonyl (C=O) groups excluding carboxylic acids is 1. The second-order valence-corrected chi connectivity index (χ2v) is 7.12. The first kappa shape index (κ1) is 22.6. The summed E-state index contributed by atoms with van der Waals surface area (Å²) in [5.74, 6) is 1.74. The molecular formula is C20H32IN5O2. The van der Waals surface area contributed by atoms with Crippen molar-refractivity contribution < 1.29 is 9.53 Å². The molecule has 1 unspecified atom stereocenters. The Morgan fingerprint density at radius 1 is 1.21 bits per heavy atom. The van der Waals surface area contributed by atoms with E-state index in [0.717, 1.165) is 56.9 Å². The van der Waals surface area contributed by atoms with Crippen molar-refractivity contribution in [1.29, 1.82) is 0 Å². The number of para-hydroxylation sites is 2. The molecule has 0 radical (unpaired) electrons. The van der Waals surface area contributed by atoms with Gasteiger partial charge in [-0.25, -0.2) is 0 Å². The van der Waals surface area contributed by atoms with Crippen LogP contribution >= 0.6 is 24.0 Å². The third kappa shape index (κ3) is 5.89. The molecule has 0 saturated carbocycles. The van der Waals surface area contributed by atoms with E-state index in [9.17, 15) is 4.79 Å². The van der Waals surface area contributed by atoms with Gasteiger partial charge >= 0.3 is 0 Å². The molecule has 8 heteroatoms. The van der Waals surface area contributed by atoms with Crippen LogP contribution in [-0.2, 0) is 4.79 Å². The van der Waals surface area contributed by atoms with E-state index in [1.165, 1.54) is 6.42 Å². The number of hydrogen-bond donors (Lipinski definition) is 2. The summed E-state index contributed by atoms with van der Waals surface area (Å²) < 4.78 is 5.48. The smallest absolute Gasteiger partial charge is 0.241 e. The van der Waals surface area contributed by atoms with Gasteiger partial charge in [-0.3, -0.25) is 9.79 Å². The maximum absolute atomic E-state index is 12.3. The van der Waals surface area contributed by atoms with E-state index < -0.39 is 0 Å². The average Bonchev–Trinajstić information content (AvgIpc) is 3.19. The first-order valence-corrected chi connectivity index (χ1v) is 9.84. The Morgan fingerprint density at radius 3 is 2.68 bits per heavy atom. The number of halogens is 1. The maximum atomic E-state index is 12.3. The van der Waals surface area contributed by atoms with E-state index in [0.29, 0.717) is 12.5 Å². The minimum absolute atomic E-state index is 0. The molecule has 2 aliphatic rings. The predicted octanol–water partition coefficient (Wildman–Crippen LogP) is 2.07. The molecule has 2 aliphatic heterocycles. The molecule has 0 aliphatic carbocycles. The summed E-state index contributed by atoms with van der Waals surface area (Å²) in [7, 11) is 3.45. The van der Waals surface area contributed by atoms with Gasteiger partial charge < -0.3 is 25.2 Å². The summed E-state index contributed by atoms with van der Waals surface area (Å²) in [6.07, 6.45) is 4.46. The van der Waals surface area contributed by atoms with Crippen LogP contribution in [0.15, 0.2) is 29.3 Å². The molecule has 7 nitrogen and oxygen atoms in total. The lowest BCUT2D eigenvalue weighted by Gasteiger charge is -2.27. The predicted molar refractivity (Wildman–Crippen MR) is 124 cm³/mol. The fourth-order valence-electron chi connectivity index (χ4n) is 3.79. The Hall–Kier alpha value is -1.71. The van der Waals surface area contributed by atoms with E-state index in [1.54, 1.807) is 14.2 Å². The van der Waals surface area contributed by atoms with E-state index >= 15 is 0 Å². The molecule has 2 heterocycles. The van der Waals surface area contributed by atoms with Gasteiger partial charge in [0.2, 0.25) is 5.91 Å². The Morgan fingerprint density at radius 2 is 1.96 bits per heavy atom. The van der Waals surface area contributed by atoms with Crippen molar-refractivity contribution in [2.45, 2.75) is 31.7 Å². The summed E-state index contributed by atoms with van der Waals surface area (Å²) in [4.78, 5) is 20.9. The van der Waals surface area contributed by atoms with Gasteiger partial charge in [0, 0.05) is 39.3 Å². The van der Waals surface area contributed by atoms with Gasteiger partial charge in [-0.2, -0.15) is 0 Å². The Kier molecular flexibility index (Phi) is 9.14. The number of hydrogen-bond acceptors (Lipinski definition) is 4. The first-order valence-electron chi connectivity index (χ1n) is 9.84. The molecule has 28 heavy (non-hydrogen) atoms. The van der Waals surface area contributed by atoms with Crippen LogP contribution in [0, 0.1) is 0 Å². The summed E-state index contributed by atoms with van der Waals surface area (Å²) in [6.45, 7) is 3.89. The van der Waals surface area contributed by atoms with Gasteiger partial charge in [-0.1, -0.05) is 12.1 Å². The topological polar surface area (TPSA) is 69.2 Å². The zero-order valence-electron chi connectivity index (χ0n) is 16.8. The van der Waals surface area contributed by atoms with Gasteiger partial charge in [0.1, 0.15) is 5.75 Å². The molecule has 1 atom stereocenters. The monoisotopic (exact) mass is 501 g/mol. The minimum atomic E-state index is 0. The number of likely N-dealkylation sites (tertiary alicyclic amines) is 1. The van der Waals surface area contributed by atoms with Gasteiger partial charge in [0.25, 0.3) is 0 Å². The van der Waals surface area contributed by atoms with Crippen LogP contribution in [0.4, 0.5) is 5.69 Å². The summed E-state index contributed by atoms with van der Waals surface area (Å²) >= 11 is 0. The van der Waals surface area contributed by atoms with Crippen molar-refractivity contribution >= 4 is 41.5 Å². The van der Waals surface area contributed by atoms with E-state index in [4.69, 9.17) is 4.74 Å². The van der Waals surface area contributed by atoms with Crippen molar-refractivity contribution in [3.8, 4) is 5.75 Å². The highest BCUT2D eigenvalue weighted by atomic mass is 127. The van der Waals surface area contributed by atoms with E-state index in [1.807, 2.05) is 23.1 Å². The lowest BCUT2D eigenvalue weighted by molar-refractivity contribution is -0.130. The summed E-state index contributed by atoms with van der Waals surface area (Å²) in [6, 6.07) is 8.38. The van der Waals surface area contributed by atoms with Gasteiger partial charge in [0.15, 0.2) is 5.96 Å². The highest BCUT2D eigenvalue weighted by molar-refractivity contribution is 14.0. The highest BCUT2D eigenvalue weighted by Gasteiger charge is 2.25. The molecular weight excluding hydrogens is 469 g/mol. The quantitative estimate of drug-likeness (QED) is 0.368. The molecule has 1 amide bonds. The van der Waals surface area contributed by atoms with Gasteiger partial charge in [-0.15, -0.1) is 24.0 Å². The number of nitrogens with one attached hydrogen (secondary N) is 2. The second kappa shape index (κ2) is 11.3. The number of guanidine groups is 1. The van der Waals surface area contributed by atoms with Gasteiger partial charge in [0.05, 0.1) is 19.3 Å². The number of nitrogens with zero attached hydrogens (tertiary/aromatic N) is 3. The Bertz CT molecular complexity index is 664. The summed E-state index contributed by atoms with van der Waals surface area (Å²) in [5, 5.41) is 6.62. The zero-order valence-corrected chi connectivity index (χ0v) is 19.1. The second-order valence-electron chi connectivity index (χ2n) is 7.12. The number of carbonyl (C=O) groups is 1. The first-order chi connectivity index (χ1) is 13.2. The molecule has 2 N–H and O–H groups in total.